The molecule has 1 saturated carbocycles. The van der Waals surface area contributed by atoms with Crippen LogP contribution in [0, 0.1) is 23.5 Å². The minimum Gasteiger partial charge on any atom is -0.337 e. The molecule has 0 N–H and O–H groups in total. The van der Waals surface area contributed by atoms with Crippen LogP contribution in [0.25, 0.3) is 0 Å². The highest BCUT2D eigenvalue weighted by molar-refractivity contribution is 5.80. The number of hydrogen-bond acceptors (Lipinski definition) is 2. The van der Waals surface area contributed by atoms with Crippen LogP contribution in [0.2, 0.25) is 0 Å². The van der Waals surface area contributed by atoms with E-state index in [0.29, 0.717) is 23.9 Å². The molecule has 4 saturated heterocycles. The van der Waals surface area contributed by atoms with Crippen molar-refractivity contribution < 1.29 is 13.6 Å². The molecule has 5 heteroatoms. The number of rotatable bonds is 2. The molecule has 140 valence electrons. The summed E-state index contributed by atoms with van der Waals surface area (Å²) >= 11 is 0. The molecule has 2 bridgehead atoms. The number of nitrogens with zero attached hydrogens (tertiary/aromatic N) is 2. The standard InChI is InChI=1S/C21H26F2N2O/c22-16-9-15(10-17(23)11-16)18-12-25(21(26)14-3-1-2-4-14)19-13-5-7-24(8-6-13)20(18)19/h9-11,13-14,18-20H,1-8,12H2/t18-,19+,20+/m0/s1. The number of amides is 1. The highest BCUT2D eigenvalue weighted by atomic mass is 19.1. The number of carbonyl (C=O) groups excluding carboxylic acids is 1. The predicted molar refractivity (Wildman–Crippen MR) is 94.6 cm³/mol. The molecule has 0 aromatic heterocycles. The Morgan fingerprint density at radius 1 is 0.923 bits per heavy atom. The number of piperidine rings is 3. The van der Waals surface area contributed by atoms with Crippen molar-refractivity contribution in [2.24, 2.45) is 11.8 Å². The Bertz CT molecular complexity index is 690. The molecule has 26 heavy (non-hydrogen) atoms. The lowest BCUT2D eigenvalue weighted by atomic mass is 9.75. The van der Waals surface area contributed by atoms with Gasteiger partial charge in [-0.1, -0.05) is 12.8 Å². The van der Waals surface area contributed by atoms with Crippen LogP contribution in [0.4, 0.5) is 8.78 Å². The van der Waals surface area contributed by atoms with Gasteiger partial charge in [0.25, 0.3) is 0 Å². The van der Waals surface area contributed by atoms with Crippen LogP contribution in [0.1, 0.15) is 50.0 Å². The van der Waals surface area contributed by atoms with Crippen molar-refractivity contribution >= 4 is 5.91 Å². The maximum Gasteiger partial charge on any atom is 0.226 e. The largest absolute Gasteiger partial charge is 0.337 e. The van der Waals surface area contributed by atoms with Crippen molar-refractivity contribution in [3.63, 3.8) is 0 Å². The van der Waals surface area contributed by atoms with Crippen LogP contribution in [0.5, 0.6) is 0 Å². The summed E-state index contributed by atoms with van der Waals surface area (Å²) in [6.45, 7) is 2.71. The van der Waals surface area contributed by atoms with E-state index in [1.54, 1.807) is 0 Å². The van der Waals surface area contributed by atoms with Crippen molar-refractivity contribution in [2.75, 3.05) is 19.6 Å². The lowest BCUT2D eigenvalue weighted by Crippen LogP contribution is -2.61. The van der Waals surface area contributed by atoms with Crippen LogP contribution >= 0.6 is 0 Å². The third-order valence-corrected chi connectivity index (χ3v) is 7.29. The molecule has 3 atom stereocenters. The third kappa shape index (κ3) is 2.58. The van der Waals surface area contributed by atoms with E-state index in [-0.39, 0.29) is 23.9 Å². The fourth-order valence-corrected chi connectivity index (χ4v) is 6.16. The summed E-state index contributed by atoms with van der Waals surface area (Å²) in [5.41, 5.74) is 0.715. The summed E-state index contributed by atoms with van der Waals surface area (Å²) < 4.78 is 27.7. The van der Waals surface area contributed by atoms with Crippen LogP contribution in [0.15, 0.2) is 18.2 Å². The quantitative estimate of drug-likeness (QED) is 0.805. The third-order valence-electron chi connectivity index (χ3n) is 7.29. The zero-order valence-electron chi connectivity index (χ0n) is 15.0. The Morgan fingerprint density at radius 2 is 1.58 bits per heavy atom. The summed E-state index contributed by atoms with van der Waals surface area (Å²) in [5, 5.41) is 0. The fraction of sp³-hybridized carbons (Fsp3) is 0.667. The molecule has 3 nitrogen and oxygen atoms in total. The van der Waals surface area contributed by atoms with Gasteiger partial charge in [-0.05, 0) is 62.4 Å². The molecule has 6 rings (SSSR count). The smallest absolute Gasteiger partial charge is 0.226 e. The number of likely N-dealkylation sites (tertiary alicyclic amines) is 1. The van der Waals surface area contributed by atoms with E-state index in [1.807, 2.05) is 0 Å². The van der Waals surface area contributed by atoms with Crippen LogP contribution in [-0.2, 0) is 4.79 Å². The molecule has 5 aliphatic rings. The predicted octanol–water partition coefficient (Wildman–Crippen LogP) is 3.54. The molecule has 4 aliphatic heterocycles. The lowest BCUT2D eigenvalue weighted by molar-refractivity contribution is -0.140. The van der Waals surface area contributed by atoms with Gasteiger partial charge in [-0.15, -0.1) is 0 Å². The number of fused-ring (bicyclic) bond motifs is 2. The normalized spacial score (nSPS) is 36.5. The minimum atomic E-state index is -0.520. The van der Waals surface area contributed by atoms with Crippen molar-refractivity contribution in [1.29, 1.82) is 0 Å². The van der Waals surface area contributed by atoms with Gasteiger partial charge in [0.1, 0.15) is 11.6 Å². The van der Waals surface area contributed by atoms with E-state index in [1.165, 1.54) is 12.1 Å². The molecule has 0 spiro atoms. The van der Waals surface area contributed by atoms with Gasteiger partial charge in [-0.25, -0.2) is 8.78 Å². The zero-order valence-corrected chi connectivity index (χ0v) is 15.0. The summed E-state index contributed by atoms with van der Waals surface area (Å²) in [4.78, 5) is 17.8. The van der Waals surface area contributed by atoms with Crippen molar-refractivity contribution in [2.45, 2.75) is 56.5 Å². The lowest BCUT2D eigenvalue weighted by Gasteiger charge is -2.51. The average molecular weight is 360 g/mol. The Morgan fingerprint density at radius 3 is 2.23 bits per heavy atom. The van der Waals surface area contributed by atoms with Crippen LogP contribution in [0.3, 0.4) is 0 Å². The first-order valence-electron chi connectivity index (χ1n) is 10.1. The van der Waals surface area contributed by atoms with E-state index in [4.69, 9.17) is 0 Å². The van der Waals surface area contributed by atoms with Crippen molar-refractivity contribution in [3.8, 4) is 0 Å². The maximum absolute atomic E-state index is 13.9. The summed E-state index contributed by atoms with van der Waals surface area (Å²) in [7, 11) is 0. The summed E-state index contributed by atoms with van der Waals surface area (Å²) in [5.74, 6) is -0.0293. The summed E-state index contributed by atoms with van der Waals surface area (Å²) in [6, 6.07) is 4.32. The van der Waals surface area contributed by atoms with E-state index < -0.39 is 11.6 Å². The average Bonchev–Trinajstić information content (AvgIpc) is 3.30. The van der Waals surface area contributed by atoms with Crippen LogP contribution in [-0.4, -0.2) is 47.4 Å². The first-order chi connectivity index (χ1) is 12.6. The van der Waals surface area contributed by atoms with E-state index in [0.717, 1.165) is 57.7 Å². The first-order valence-corrected chi connectivity index (χ1v) is 10.1. The number of benzene rings is 1. The monoisotopic (exact) mass is 360 g/mol. The Balaban J connectivity index is 1.51. The number of halogens is 2. The molecule has 5 fully saturated rings. The minimum absolute atomic E-state index is 0.0126. The maximum atomic E-state index is 13.9. The second-order valence-corrected chi connectivity index (χ2v) is 8.64. The highest BCUT2D eigenvalue weighted by Crippen LogP contribution is 2.47. The molecule has 4 heterocycles. The molecular weight excluding hydrogens is 334 g/mol. The molecular formula is C21H26F2N2O. The Hall–Kier alpha value is -1.49. The molecule has 1 amide bonds. The Labute approximate surface area is 153 Å². The van der Waals surface area contributed by atoms with Gasteiger partial charge < -0.3 is 4.90 Å². The molecule has 1 aliphatic carbocycles. The van der Waals surface area contributed by atoms with Crippen LogP contribution < -0.4 is 0 Å². The topological polar surface area (TPSA) is 23.6 Å². The molecule has 0 unspecified atom stereocenters. The van der Waals surface area contributed by atoms with Gasteiger partial charge in [-0.2, -0.15) is 0 Å². The zero-order chi connectivity index (χ0) is 17.8. The van der Waals surface area contributed by atoms with Gasteiger partial charge in [0.2, 0.25) is 5.91 Å². The van der Waals surface area contributed by atoms with Gasteiger partial charge in [0.05, 0.1) is 6.04 Å². The number of carbonyl (C=O) groups is 1. The van der Waals surface area contributed by atoms with Gasteiger partial charge in [0.15, 0.2) is 0 Å². The van der Waals surface area contributed by atoms with E-state index >= 15 is 0 Å². The van der Waals surface area contributed by atoms with Gasteiger partial charge in [-0.3, -0.25) is 9.69 Å². The van der Waals surface area contributed by atoms with Crippen molar-refractivity contribution in [3.05, 3.63) is 35.4 Å². The SMILES string of the molecule is O=C(C1CCCC1)N1C[C@@H](c2cc(F)cc(F)c2)[C@@H]2[C@H]1C1CCN2CC1. The number of hydrogen-bond donors (Lipinski definition) is 0. The Kier molecular flexibility index (Phi) is 4.03. The van der Waals surface area contributed by atoms with Gasteiger partial charge in [0, 0.05) is 30.5 Å². The molecule has 0 radical (unpaired) electrons. The van der Waals surface area contributed by atoms with E-state index in [2.05, 4.69) is 9.80 Å². The second kappa shape index (κ2) is 6.29. The van der Waals surface area contributed by atoms with E-state index in [9.17, 15) is 13.6 Å². The molecule has 1 aromatic rings. The molecule has 1 aromatic carbocycles. The summed E-state index contributed by atoms with van der Waals surface area (Å²) in [6.07, 6.45) is 6.57. The fourth-order valence-electron chi connectivity index (χ4n) is 6.16. The highest BCUT2D eigenvalue weighted by Gasteiger charge is 2.55. The second-order valence-electron chi connectivity index (χ2n) is 8.64. The first kappa shape index (κ1) is 16.7. The van der Waals surface area contributed by atoms with Crippen molar-refractivity contribution in [1.82, 2.24) is 9.80 Å². The van der Waals surface area contributed by atoms with Gasteiger partial charge >= 0.3 is 0 Å².